The van der Waals surface area contributed by atoms with Crippen molar-refractivity contribution in [3.05, 3.63) is 26.7 Å². The van der Waals surface area contributed by atoms with Gasteiger partial charge in [-0.15, -0.1) is 0 Å². The number of nitrogens with two attached hydrogens (primary N) is 1. The van der Waals surface area contributed by atoms with Crippen LogP contribution in [0, 0.1) is 20.8 Å². The molecule has 0 amide bonds. The average molecular weight is 315 g/mol. The van der Waals surface area contributed by atoms with Crippen molar-refractivity contribution in [2.75, 3.05) is 20.7 Å². The predicted octanol–water partition coefficient (Wildman–Crippen LogP) is 2.99. The zero-order valence-electron chi connectivity index (χ0n) is 11.9. The van der Waals surface area contributed by atoms with Gasteiger partial charge in [0.15, 0.2) is 0 Å². The van der Waals surface area contributed by atoms with Gasteiger partial charge in [-0.1, -0.05) is 15.9 Å². The van der Waals surface area contributed by atoms with Crippen LogP contribution in [-0.2, 0) is 0 Å². The molecule has 4 heteroatoms. The lowest BCUT2D eigenvalue weighted by molar-refractivity contribution is 0.399. The zero-order valence-corrected chi connectivity index (χ0v) is 13.4. The molecule has 1 atom stereocenters. The molecule has 1 aromatic carbocycles. The molecule has 0 saturated carbocycles. The Balaban J connectivity index is 3.32. The fraction of sp³-hybridized carbons (Fsp3) is 0.571. The number of ether oxygens (including phenoxy) is 1. The van der Waals surface area contributed by atoms with Crippen molar-refractivity contribution < 1.29 is 4.74 Å². The minimum atomic E-state index is -0.0111. The standard InChI is InChI=1S/C14H23BrN2O/c1-8-9(2)14(18-5)12(10(3)13(8)15)11(16)6-7-17-4/h11,17H,6-7,16H2,1-5H3. The van der Waals surface area contributed by atoms with Gasteiger partial charge in [-0.05, 0) is 57.5 Å². The molecule has 0 spiro atoms. The average Bonchev–Trinajstić information content (AvgIpc) is 2.37. The lowest BCUT2D eigenvalue weighted by Gasteiger charge is -2.23. The van der Waals surface area contributed by atoms with E-state index in [0.29, 0.717) is 0 Å². The van der Waals surface area contributed by atoms with Crippen molar-refractivity contribution in [2.45, 2.75) is 33.2 Å². The molecular weight excluding hydrogens is 292 g/mol. The molecule has 1 rings (SSSR count). The van der Waals surface area contributed by atoms with Crippen molar-refractivity contribution in [3.63, 3.8) is 0 Å². The summed E-state index contributed by atoms with van der Waals surface area (Å²) in [6.45, 7) is 7.16. The number of halogens is 1. The van der Waals surface area contributed by atoms with Crippen LogP contribution < -0.4 is 15.8 Å². The van der Waals surface area contributed by atoms with Gasteiger partial charge >= 0.3 is 0 Å². The molecule has 0 radical (unpaired) electrons. The van der Waals surface area contributed by atoms with Gasteiger partial charge in [0, 0.05) is 16.1 Å². The third-order valence-corrected chi connectivity index (χ3v) is 4.68. The normalized spacial score (nSPS) is 12.6. The number of hydrogen-bond donors (Lipinski definition) is 2. The Kier molecular flexibility index (Phi) is 5.63. The van der Waals surface area contributed by atoms with Gasteiger partial charge in [-0.25, -0.2) is 0 Å². The van der Waals surface area contributed by atoms with Crippen LogP contribution in [0.3, 0.4) is 0 Å². The molecule has 0 fully saturated rings. The predicted molar refractivity (Wildman–Crippen MR) is 80.4 cm³/mol. The van der Waals surface area contributed by atoms with E-state index in [1.54, 1.807) is 7.11 Å². The second-order valence-corrected chi connectivity index (χ2v) is 5.43. The van der Waals surface area contributed by atoms with Crippen molar-refractivity contribution in [2.24, 2.45) is 5.73 Å². The number of nitrogens with one attached hydrogen (secondary N) is 1. The summed E-state index contributed by atoms with van der Waals surface area (Å²) in [7, 11) is 3.65. The Hall–Kier alpha value is -0.580. The Bertz CT molecular complexity index is 433. The molecule has 0 aliphatic heterocycles. The molecule has 0 aliphatic carbocycles. The van der Waals surface area contributed by atoms with Gasteiger partial charge in [0.25, 0.3) is 0 Å². The molecule has 3 nitrogen and oxygen atoms in total. The molecule has 0 heterocycles. The highest BCUT2D eigenvalue weighted by molar-refractivity contribution is 9.10. The lowest BCUT2D eigenvalue weighted by Crippen LogP contribution is -2.20. The molecule has 0 bridgehead atoms. The minimum absolute atomic E-state index is 0.0111. The van der Waals surface area contributed by atoms with E-state index in [4.69, 9.17) is 10.5 Å². The lowest BCUT2D eigenvalue weighted by atomic mass is 9.93. The van der Waals surface area contributed by atoms with Crippen molar-refractivity contribution >= 4 is 15.9 Å². The molecule has 0 aromatic heterocycles. The Morgan fingerprint density at radius 2 is 1.83 bits per heavy atom. The molecule has 102 valence electrons. The van der Waals surface area contributed by atoms with E-state index in [0.717, 1.165) is 34.3 Å². The first-order valence-corrected chi connectivity index (χ1v) is 6.98. The second kappa shape index (κ2) is 6.55. The van der Waals surface area contributed by atoms with Gasteiger partial charge in [-0.2, -0.15) is 0 Å². The van der Waals surface area contributed by atoms with Gasteiger partial charge in [0.2, 0.25) is 0 Å². The van der Waals surface area contributed by atoms with Gasteiger partial charge in [0.1, 0.15) is 5.75 Å². The Labute approximate surface area is 118 Å². The van der Waals surface area contributed by atoms with E-state index < -0.39 is 0 Å². The van der Waals surface area contributed by atoms with Crippen LogP contribution in [-0.4, -0.2) is 20.7 Å². The van der Waals surface area contributed by atoms with Crippen LogP contribution in [0.15, 0.2) is 4.47 Å². The van der Waals surface area contributed by atoms with E-state index in [1.165, 1.54) is 11.1 Å². The summed E-state index contributed by atoms with van der Waals surface area (Å²) in [6.07, 6.45) is 0.892. The van der Waals surface area contributed by atoms with Crippen molar-refractivity contribution in [3.8, 4) is 5.75 Å². The van der Waals surface area contributed by atoms with Crippen LogP contribution in [0.5, 0.6) is 5.75 Å². The third-order valence-electron chi connectivity index (χ3n) is 3.49. The van der Waals surface area contributed by atoms with E-state index in [-0.39, 0.29) is 6.04 Å². The molecule has 18 heavy (non-hydrogen) atoms. The molecule has 0 saturated heterocycles. The largest absolute Gasteiger partial charge is 0.496 e. The maximum absolute atomic E-state index is 6.31. The Morgan fingerprint density at radius 3 is 2.33 bits per heavy atom. The van der Waals surface area contributed by atoms with Gasteiger partial charge < -0.3 is 15.8 Å². The smallest absolute Gasteiger partial charge is 0.127 e. The number of rotatable bonds is 5. The minimum Gasteiger partial charge on any atom is -0.496 e. The van der Waals surface area contributed by atoms with Crippen LogP contribution in [0.4, 0.5) is 0 Å². The van der Waals surface area contributed by atoms with Crippen LogP contribution in [0.2, 0.25) is 0 Å². The molecule has 1 aromatic rings. The van der Waals surface area contributed by atoms with Crippen molar-refractivity contribution in [1.82, 2.24) is 5.32 Å². The first-order valence-electron chi connectivity index (χ1n) is 6.19. The fourth-order valence-electron chi connectivity index (χ4n) is 2.26. The van der Waals surface area contributed by atoms with E-state index in [9.17, 15) is 0 Å². The summed E-state index contributed by atoms with van der Waals surface area (Å²) in [5, 5.41) is 3.13. The molecule has 3 N–H and O–H groups in total. The topological polar surface area (TPSA) is 47.3 Å². The zero-order chi connectivity index (χ0) is 13.9. The summed E-state index contributed by atoms with van der Waals surface area (Å²) in [5.41, 5.74) is 11.0. The second-order valence-electron chi connectivity index (χ2n) is 4.63. The van der Waals surface area contributed by atoms with Crippen molar-refractivity contribution in [1.29, 1.82) is 0 Å². The highest BCUT2D eigenvalue weighted by atomic mass is 79.9. The maximum atomic E-state index is 6.31. The monoisotopic (exact) mass is 314 g/mol. The van der Waals surface area contributed by atoms with Gasteiger partial charge in [-0.3, -0.25) is 0 Å². The van der Waals surface area contributed by atoms with Crippen LogP contribution in [0.25, 0.3) is 0 Å². The SMILES string of the molecule is CNCCC(N)c1c(C)c(Br)c(C)c(C)c1OC. The third kappa shape index (κ3) is 2.87. The van der Waals surface area contributed by atoms with E-state index in [1.807, 2.05) is 7.05 Å². The van der Waals surface area contributed by atoms with Crippen LogP contribution in [0.1, 0.15) is 34.7 Å². The highest BCUT2D eigenvalue weighted by Gasteiger charge is 2.21. The molecular formula is C14H23BrN2O. The van der Waals surface area contributed by atoms with Crippen LogP contribution >= 0.6 is 15.9 Å². The summed E-state index contributed by atoms with van der Waals surface area (Å²) >= 11 is 3.65. The molecule has 1 unspecified atom stereocenters. The maximum Gasteiger partial charge on any atom is 0.127 e. The fourth-order valence-corrected chi connectivity index (χ4v) is 2.77. The molecule has 0 aliphatic rings. The summed E-state index contributed by atoms with van der Waals surface area (Å²) in [5.74, 6) is 0.928. The summed E-state index contributed by atoms with van der Waals surface area (Å²) in [4.78, 5) is 0. The summed E-state index contributed by atoms with van der Waals surface area (Å²) in [6, 6.07) is -0.0111. The van der Waals surface area contributed by atoms with Gasteiger partial charge in [0.05, 0.1) is 7.11 Å². The number of benzene rings is 1. The number of hydrogen-bond acceptors (Lipinski definition) is 3. The first kappa shape index (κ1) is 15.5. The first-order chi connectivity index (χ1) is 8.45. The van der Waals surface area contributed by atoms with E-state index in [2.05, 4.69) is 42.0 Å². The number of methoxy groups -OCH3 is 1. The summed E-state index contributed by atoms with van der Waals surface area (Å²) < 4.78 is 6.71. The highest BCUT2D eigenvalue weighted by Crippen LogP contribution is 2.39. The quantitative estimate of drug-likeness (QED) is 0.878. The Morgan fingerprint density at radius 1 is 1.22 bits per heavy atom. The van der Waals surface area contributed by atoms with E-state index >= 15 is 0 Å².